The van der Waals surface area contributed by atoms with Gasteiger partial charge in [-0.05, 0) is 42.9 Å². The average molecular weight is 272 g/mol. The van der Waals surface area contributed by atoms with Crippen LogP contribution in [0.1, 0.15) is 41.0 Å². The molecule has 3 fully saturated rings. The second-order valence-electron chi connectivity index (χ2n) is 7.30. The molecular formula is C14H24O3S. The van der Waals surface area contributed by atoms with Gasteiger partial charge in [-0.25, -0.2) is 0 Å². The molecule has 6 unspecified atom stereocenters. The number of hydrogen-bond acceptors (Lipinski definition) is 3. The van der Waals surface area contributed by atoms with Crippen LogP contribution in [0.5, 0.6) is 0 Å². The topological polar surface area (TPSA) is 43.4 Å². The van der Waals surface area contributed by atoms with E-state index in [4.69, 9.17) is 4.18 Å². The van der Waals surface area contributed by atoms with E-state index in [1.54, 1.807) is 0 Å². The van der Waals surface area contributed by atoms with Crippen molar-refractivity contribution >= 4 is 10.1 Å². The molecule has 0 aromatic carbocycles. The molecule has 0 radical (unpaired) electrons. The molecular weight excluding hydrogens is 248 g/mol. The first kappa shape index (κ1) is 12.9. The fraction of sp³-hybridized carbons (Fsp3) is 1.00. The minimum Gasteiger partial charge on any atom is -0.266 e. The molecule has 2 saturated carbocycles. The summed E-state index contributed by atoms with van der Waals surface area (Å²) in [4.78, 5) is 0. The predicted molar refractivity (Wildman–Crippen MR) is 70.5 cm³/mol. The second-order valence-corrected chi connectivity index (χ2v) is 9.28. The summed E-state index contributed by atoms with van der Waals surface area (Å²) in [6.45, 7) is 10.7. The van der Waals surface area contributed by atoms with Gasteiger partial charge in [-0.3, -0.25) is 4.18 Å². The van der Waals surface area contributed by atoms with Crippen molar-refractivity contribution in [1.29, 1.82) is 0 Å². The van der Waals surface area contributed by atoms with Crippen LogP contribution in [-0.2, 0) is 14.3 Å². The van der Waals surface area contributed by atoms with Gasteiger partial charge in [-0.15, -0.1) is 0 Å². The van der Waals surface area contributed by atoms with Gasteiger partial charge in [-0.1, -0.05) is 27.7 Å². The van der Waals surface area contributed by atoms with Crippen molar-refractivity contribution in [1.82, 2.24) is 0 Å². The zero-order chi connectivity index (χ0) is 13.5. The Morgan fingerprint density at radius 3 is 2.28 bits per heavy atom. The highest BCUT2D eigenvalue weighted by atomic mass is 32.2. The SMILES string of the molecule is CC(C)C1C2CC3C1OS(=O)(=O)C3(C)C2C(C)C. The highest BCUT2D eigenvalue weighted by Gasteiger charge is 2.75. The summed E-state index contributed by atoms with van der Waals surface area (Å²) in [6, 6.07) is 0. The maximum absolute atomic E-state index is 12.5. The van der Waals surface area contributed by atoms with Gasteiger partial charge in [0, 0.05) is 5.92 Å². The Morgan fingerprint density at radius 2 is 1.78 bits per heavy atom. The lowest BCUT2D eigenvalue weighted by molar-refractivity contribution is 0.0464. The normalized spacial score (nSPS) is 52.7. The molecule has 3 aliphatic rings. The highest BCUT2D eigenvalue weighted by molar-refractivity contribution is 7.88. The average Bonchev–Trinajstić information content (AvgIpc) is 2.72. The molecule has 0 amide bonds. The van der Waals surface area contributed by atoms with Crippen molar-refractivity contribution in [3.63, 3.8) is 0 Å². The lowest BCUT2D eigenvalue weighted by Crippen LogP contribution is -2.49. The smallest absolute Gasteiger partial charge is 0.266 e. The Morgan fingerprint density at radius 1 is 1.17 bits per heavy atom. The molecule has 104 valence electrons. The van der Waals surface area contributed by atoms with E-state index in [2.05, 4.69) is 27.7 Å². The van der Waals surface area contributed by atoms with Gasteiger partial charge in [0.15, 0.2) is 0 Å². The Bertz CT molecular complexity index is 467. The minimum absolute atomic E-state index is 0.0417. The van der Waals surface area contributed by atoms with Crippen LogP contribution in [0.2, 0.25) is 0 Å². The zero-order valence-corrected chi connectivity index (χ0v) is 12.7. The monoisotopic (exact) mass is 272 g/mol. The summed E-state index contributed by atoms with van der Waals surface area (Å²) in [6.07, 6.45) is 1.01. The van der Waals surface area contributed by atoms with Crippen molar-refractivity contribution in [2.45, 2.75) is 51.9 Å². The second kappa shape index (κ2) is 3.51. The summed E-state index contributed by atoms with van der Waals surface area (Å²) >= 11 is 0. The van der Waals surface area contributed by atoms with E-state index in [0.717, 1.165) is 6.42 Å². The van der Waals surface area contributed by atoms with Crippen molar-refractivity contribution in [3.05, 3.63) is 0 Å². The molecule has 3 nitrogen and oxygen atoms in total. The molecule has 0 spiro atoms. The predicted octanol–water partition coefficient (Wildman–Crippen LogP) is 2.67. The first-order chi connectivity index (χ1) is 8.22. The van der Waals surface area contributed by atoms with Crippen LogP contribution in [0.25, 0.3) is 0 Å². The molecule has 1 saturated heterocycles. The first-order valence-electron chi connectivity index (χ1n) is 7.14. The molecule has 0 N–H and O–H groups in total. The van der Waals surface area contributed by atoms with E-state index in [1.807, 2.05) is 6.92 Å². The Labute approximate surface area is 110 Å². The standard InChI is InChI=1S/C14H24O3S/c1-7(2)11-9-6-10-13(11)17-18(15,16)14(10,5)12(9)8(3)4/h7-13H,6H2,1-5H3. The van der Waals surface area contributed by atoms with Crippen LogP contribution in [0, 0.1) is 35.5 Å². The van der Waals surface area contributed by atoms with E-state index in [-0.39, 0.29) is 17.9 Å². The molecule has 3 rings (SSSR count). The van der Waals surface area contributed by atoms with E-state index < -0.39 is 14.9 Å². The number of fused-ring (bicyclic) bond motifs is 1. The molecule has 4 heteroatoms. The van der Waals surface area contributed by atoms with Gasteiger partial charge in [0.05, 0.1) is 6.10 Å². The zero-order valence-electron chi connectivity index (χ0n) is 11.9. The fourth-order valence-electron chi connectivity index (χ4n) is 5.48. The maximum atomic E-state index is 12.5. The van der Waals surface area contributed by atoms with E-state index >= 15 is 0 Å². The van der Waals surface area contributed by atoms with Crippen LogP contribution in [0.4, 0.5) is 0 Å². The number of rotatable bonds is 2. The lowest BCUT2D eigenvalue weighted by Gasteiger charge is -2.41. The first-order valence-corrected chi connectivity index (χ1v) is 8.55. The summed E-state index contributed by atoms with van der Waals surface area (Å²) < 4.78 is 29.9. The van der Waals surface area contributed by atoms with Gasteiger partial charge in [0.1, 0.15) is 4.75 Å². The Hall–Kier alpha value is -0.0900. The molecule has 18 heavy (non-hydrogen) atoms. The van der Waals surface area contributed by atoms with Crippen molar-refractivity contribution in [2.75, 3.05) is 0 Å². The van der Waals surface area contributed by atoms with Crippen LogP contribution >= 0.6 is 0 Å². The highest BCUT2D eigenvalue weighted by Crippen LogP contribution is 2.68. The van der Waals surface area contributed by atoms with Gasteiger partial charge >= 0.3 is 0 Å². The van der Waals surface area contributed by atoms with Crippen molar-refractivity contribution < 1.29 is 12.6 Å². The Balaban J connectivity index is 2.14. The van der Waals surface area contributed by atoms with Gasteiger partial charge < -0.3 is 0 Å². The van der Waals surface area contributed by atoms with Crippen molar-refractivity contribution in [2.24, 2.45) is 35.5 Å². The summed E-state index contributed by atoms with van der Waals surface area (Å²) in [5.74, 6) is 2.36. The van der Waals surface area contributed by atoms with E-state index in [9.17, 15) is 8.42 Å². The van der Waals surface area contributed by atoms with Crippen LogP contribution in [-0.4, -0.2) is 19.3 Å². The quantitative estimate of drug-likeness (QED) is 0.726. The van der Waals surface area contributed by atoms with E-state index in [0.29, 0.717) is 23.7 Å². The molecule has 2 aliphatic carbocycles. The minimum atomic E-state index is -3.39. The van der Waals surface area contributed by atoms with Crippen molar-refractivity contribution in [3.8, 4) is 0 Å². The fourth-order valence-corrected chi connectivity index (χ4v) is 7.62. The Kier molecular flexibility index (Phi) is 2.52. The summed E-state index contributed by atoms with van der Waals surface area (Å²) in [7, 11) is -3.39. The van der Waals surface area contributed by atoms with Crippen LogP contribution < -0.4 is 0 Å². The third-order valence-electron chi connectivity index (χ3n) is 5.92. The van der Waals surface area contributed by atoms with Crippen LogP contribution in [0.15, 0.2) is 0 Å². The molecule has 0 aromatic rings. The molecule has 2 bridgehead atoms. The summed E-state index contributed by atoms with van der Waals surface area (Å²) in [5.41, 5.74) is 0. The third-order valence-corrected chi connectivity index (χ3v) is 8.05. The molecule has 6 atom stereocenters. The lowest BCUT2D eigenvalue weighted by atomic mass is 9.65. The molecule has 0 aromatic heterocycles. The largest absolute Gasteiger partial charge is 0.273 e. The van der Waals surface area contributed by atoms with E-state index in [1.165, 1.54) is 0 Å². The molecule has 1 heterocycles. The number of hydrogen-bond donors (Lipinski definition) is 0. The maximum Gasteiger partial charge on any atom is 0.273 e. The van der Waals surface area contributed by atoms with Crippen LogP contribution in [0.3, 0.4) is 0 Å². The van der Waals surface area contributed by atoms with Gasteiger partial charge in [0.2, 0.25) is 0 Å². The van der Waals surface area contributed by atoms with Gasteiger partial charge in [-0.2, -0.15) is 8.42 Å². The third kappa shape index (κ3) is 1.22. The summed E-state index contributed by atoms with van der Waals surface area (Å²) in [5, 5.41) is 0. The van der Waals surface area contributed by atoms with Gasteiger partial charge in [0.25, 0.3) is 10.1 Å². The molecule has 1 aliphatic heterocycles.